The maximum Gasteiger partial charge on any atom is 0.250 e. The number of carbonyl (C=O) groups is 1. The molecule has 1 amide bonds. The highest BCUT2D eigenvalue weighted by Crippen LogP contribution is 2.23. The minimum absolute atomic E-state index is 0.110. The molecule has 0 atom stereocenters. The number of aromatic nitrogens is 2. The summed E-state index contributed by atoms with van der Waals surface area (Å²) < 4.78 is 19.1. The Morgan fingerprint density at radius 1 is 1.22 bits per heavy atom. The van der Waals surface area contributed by atoms with Gasteiger partial charge in [0.1, 0.15) is 5.82 Å². The Labute approximate surface area is 134 Å². The Morgan fingerprint density at radius 2 is 2.00 bits per heavy atom. The fourth-order valence-electron chi connectivity index (χ4n) is 2.90. The maximum absolute atomic E-state index is 13.7. The van der Waals surface area contributed by atoms with Gasteiger partial charge in [-0.2, -0.15) is 0 Å². The van der Waals surface area contributed by atoms with Crippen molar-refractivity contribution in [2.75, 3.05) is 6.54 Å². The number of carbonyl (C=O) groups excluding carboxylic acids is 1. The quantitative estimate of drug-likeness (QED) is 0.920. The van der Waals surface area contributed by atoms with Crippen LogP contribution in [0.15, 0.2) is 28.7 Å². The first-order chi connectivity index (χ1) is 11.2. The standard InChI is InChI=1S/C17H20FN3O2/c18-14-9-5-4-8-13(14)17-21-20-15(23-17)10-11-19-16(22)12-6-2-1-3-7-12/h4-5,8-9,12H,1-3,6-7,10-11H2,(H,19,22). The summed E-state index contributed by atoms with van der Waals surface area (Å²) in [6, 6.07) is 6.27. The summed E-state index contributed by atoms with van der Waals surface area (Å²) in [6.45, 7) is 0.453. The Balaban J connectivity index is 1.51. The van der Waals surface area contributed by atoms with Gasteiger partial charge in [0.25, 0.3) is 5.89 Å². The first-order valence-electron chi connectivity index (χ1n) is 8.09. The Bertz CT molecular complexity index is 665. The van der Waals surface area contributed by atoms with Gasteiger partial charge >= 0.3 is 0 Å². The lowest BCUT2D eigenvalue weighted by atomic mass is 9.89. The van der Waals surface area contributed by atoms with E-state index < -0.39 is 5.82 Å². The van der Waals surface area contributed by atoms with Crippen LogP contribution in [0.4, 0.5) is 4.39 Å². The lowest BCUT2D eigenvalue weighted by Gasteiger charge is -2.20. The van der Waals surface area contributed by atoms with E-state index in [1.165, 1.54) is 12.5 Å². The van der Waals surface area contributed by atoms with Crippen molar-refractivity contribution < 1.29 is 13.6 Å². The molecule has 3 rings (SSSR count). The molecule has 6 heteroatoms. The fraction of sp³-hybridized carbons (Fsp3) is 0.471. The third-order valence-corrected chi connectivity index (χ3v) is 4.19. The van der Waals surface area contributed by atoms with Crippen molar-refractivity contribution in [3.8, 4) is 11.5 Å². The average Bonchev–Trinajstić information content (AvgIpc) is 3.04. The van der Waals surface area contributed by atoms with E-state index in [1.807, 2.05) is 0 Å². The van der Waals surface area contributed by atoms with E-state index in [-0.39, 0.29) is 23.3 Å². The Hall–Kier alpha value is -2.24. The normalized spacial score (nSPS) is 15.5. The zero-order valence-electron chi connectivity index (χ0n) is 12.9. The highest BCUT2D eigenvalue weighted by atomic mass is 19.1. The lowest BCUT2D eigenvalue weighted by molar-refractivity contribution is -0.125. The number of rotatable bonds is 5. The van der Waals surface area contributed by atoms with E-state index in [1.54, 1.807) is 18.2 Å². The zero-order chi connectivity index (χ0) is 16.1. The minimum atomic E-state index is -0.395. The third kappa shape index (κ3) is 3.94. The lowest BCUT2D eigenvalue weighted by Crippen LogP contribution is -2.33. The number of hydrogen-bond acceptors (Lipinski definition) is 4. The van der Waals surface area contributed by atoms with Gasteiger partial charge in [0, 0.05) is 18.9 Å². The van der Waals surface area contributed by atoms with Crippen LogP contribution in [0.3, 0.4) is 0 Å². The van der Waals surface area contributed by atoms with Gasteiger partial charge in [-0.15, -0.1) is 10.2 Å². The summed E-state index contributed by atoms with van der Waals surface area (Å²) in [5, 5.41) is 10.7. The largest absolute Gasteiger partial charge is 0.421 e. The van der Waals surface area contributed by atoms with Crippen LogP contribution in [-0.4, -0.2) is 22.6 Å². The molecule has 5 nitrogen and oxygen atoms in total. The number of nitrogens with one attached hydrogen (secondary N) is 1. The molecule has 0 spiro atoms. The van der Waals surface area contributed by atoms with Gasteiger partial charge in [-0.1, -0.05) is 31.4 Å². The molecule has 0 radical (unpaired) electrons. The number of amides is 1. The molecule has 23 heavy (non-hydrogen) atoms. The molecular formula is C17H20FN3O2. The van der Waals surface area contributed by atoms with Crippen LogP contribution in [0.2, 0.25) is 0 Å². The minimum Gasteiger partial charge on any atom is -0.421 e. The topological polar surface area (TPSA) is 68.0 Å². The van der Waals surface area contributed by atoms with Gasteiger partial charge in [0.2, 0.25) is 11.8 Å². The molecule has 0 unspecified atom stereocenters. The SMILES string of the molecule is O=C(NCCc1nnc(-c2ccccc2F)o1)C1CCCCC1. The third-order valence-electron chi connectivity index (χ3n) is 4.19. The van der Waals surface area contributed by atoms with Crippen LogP contribution in [0.5, 0.6) is 0 Å². The Morgan fingerprint density at radius 3 is 2.78 bits per heavy atom. The maximum atomic E-state index is 13.7. The molecule has 0 aliphatic heterocycles. The van der Waals surface area contributed by atoms with Gasteiger partial charge in [0.15, 0.2) is 0 Å². The number of nitrogens with zero attached hydrogens (tertiary/aromatic N) is 2. The van der Waals surface area contributed by atoms with Crippen LogP contribution in [0.25, 0.3) is 11.5 Å². The first-order valence-corrected chi connectivity index (χ1v) is 8.09. The summed E-state index contributed by atoms with van der Waals surface area (Å²) in [6.07, 6.45) is 5.89. The van der Waals surface area contributed by atoms with Crippen LogP contribution in [0, 0.1) is 11.7 Å². The zero-order valence-corrected chi connectivity index (χ0v) is 12.9. The summed E-state index contributed by atoms with van der Waals surface area (Å²) in [4.78, 5) is 12.0. The van der Waals surface area contributed by atoms with E-state index in [0.29, 0.717) is 18.9 Å². The van der Waals surface area contributed by atoms with Crippen LogP contribution in [0.1, 0.15) is 38.0 Å². The van der Waals surface area contributed by atoms with Crippen LogP contribution >= 0.6 is 0 Å². The number of hydrogen-bond donors (Lipinski definition) is 1. The molecule has 122 valence electrons. The van der Waals surface area contributed by atoms with Crippen molar-refractivity contribution in [2.45, 2.75) is 38.5 Å². The van der Waals surface area contributed by atoms with E-state index in [2.05, 4.69) is 15.5 Å². The van der Waals surface area contributed by atoms with E-state index >= 15 is 0 Å². The molecular weight excluding hydrogens is 297 g/mol. The summed E-state index contributed by atoms with van der Waals surface area (Å²) >= 11 is 0. The van der Waals surface area contributed by atoms with Gasteiger partial charge in [-0.25, -0.2) is 4.39 Å². The molecule has 1 saturated carbocycles. The Kier molecular flexibility index (Phi) is 5.00. The van der Waals surface area contributed by atoms with Gasteiger partial charge in [-0.3, -0.25) is 4.79 Å². The van der Waals surface area contributed by atoms with Crippen molar-refractivity contribution in [1.82, 2.24) is 15.5 Å². The number of benzene rings is 1. The van der Waals surface area contributed by atoms with Gasteiger partial charge < -0.3 is 9.73 Å². The van der Waals surface area contributed by atoms with E-state index in [9.17, 15) is 9.18 Å². The molecule has 1 aromatic carbocycles. The fourth-order valence-corrected chi connectivity index (χ4v) is 2.90. The second kappa shape index (κ2) is 7.35. The monoisotopic (exact) mass is 317 g/mol. The van der Waals surface area contributed by atoms with Gasteiger partial charge in [-0.05, 0) is 25.0 Å². The van der Waals surface area contributed by atoms with E-state index in [0.717, 1.165) is 25.7 Å². The molecule has 1 aliphatic carbocycles. The highest BCUT2D eigenvalue weighted by Gasteiger charge is 2.20. The molecule has 1 fully saturated rings. The van der Waals surface area contributed by atoms with E-state index in [4.69, 9.17) is 4.42 Å². The van der Waals surface area contributed by atoms with Crippen molar-refractivity contribution in [3.05, 3.63) is 36.0 Å². The van der Waals surface area contributed by atoms with Crippen molar-refractivity contribution in [3.63, 3.8) is 0 Å². The predicted molar refractivity (Wildman–Crippen MR) is 83.0 cm³/mol. The second-order valence-corrected chi connectivity index (χ2v) is 5.86. The molecule has 1 aromatic heterocycles. The molecule has 1 aliphatic rings. The van der Waals surface area contributed by atoms with Crippen molar-refractivity contribution in [1.29, 1.82) is 0 Å². The average molecular weight is 317 g/mol. The molecule has 0 saturated heterocycles. The predicted octanol–water partition coefficient (Wildman–Crippen LogP) is 3.11. The van der Waals surface area contributed by atoms with Crippen molar-refractivity contribution in [2.24, 2.45) is 5.92 Å². The van der Waals surface area contributed by atoms with Crippen molar-refractivity contribution >= 4 is 5.91 Å². The smallest absolute Gasteiger partial charge is 0.250 e. The number of halogens is 1. The molecule has 0 bridgehead atoms. The highest BCUT2D eigenvalue weighted by molar-refractivity contribution is 5.78. The second-order valence-electron chi connectivity index (χ2n) is 5.86. The van der Waals surface area contributed by atoms with Gasteiger partial charge in [0.05, 0.1) is 5.56 Å². The van der Waals surface area contributed by atoms with Crippen LogP contribution in [-0.2, 0) is 11.2 Å². The van der Waals surface area contributed by atoms with Crippen LogP contribution < -0.4 is 5.32 Å². The molecule has 1 N–H and O–H groups in total. The molecule has 2 aromatic rings. The first kappa shape index (κ1) is 15.6. The summed E-state index contributed by atoms with van der Waals surface area (Å²) in [5.41, 5.74) is 0.289. The summed E-state index contributed by atoms with van der Waals surface area (Å²) in [5.74, 6) is 0.413. The molecule has 1 heterocycles. The summed E-state index contributed by atoms with van der Waals surface area (Å²) in [7, 11) is 0.